The minimum absolute atomic E-state index is 0.171. The van der Waals surface area contributed by atoms with Gasteiger partial charge in [0.25, 0.3) is 0 Å². The van der Waals surface area contributed by atoms with Gasteiger partial charge in [-0.3, -0.25) is 4.98 Å². The summed E-state index contributed by atoms with van der Waals surface area (Å²) in [6.45, 7) is 9.31. The third-order valence-corrected chi connectivity index (χ3v) is 3.59. The van der Waals surface area contributed by atoms with Crippen LogP contribution in [0, 0.1) is 0 Å². The molecule has 0 radical (unpaired) electrons. The van der Waals surface area contributed by atoms with E-state index < -0.39 is 0 Å². The maximum atomic E-state index is 5.41. The van der Waals surface area contributed by atoms with Crippen molar-refractivity contribution in [3.63, 3.8) is 0 Å². The quantitative estimate of drug-likeness (QED) is 0.877. The number of hydrogen-bond donors (Lipinski definition) is 1. The molecule has 5 heteroatoms. The van der Waals surface area contributed by atoms with Crippen molar-refractivity contribution in [1.29, 1.82) is 0 Å². The lowest BCUT2D eigenvalue weighted by Gasteiger charge is -2.16. The number of aryl methyl sites for hydroxylation is 1. The van der Waals surface area contributed by atoms with E-state index in [9.17, 15) is 0 Å². The Morgan fingerprint density at radius 2 is 2.10 bits per heavy atom. The van der Waals surface area contributed by atoms with Gasteiger partial charge in [-0.1, -0.05) is 32.0 Å². The zero-order chi connectivity index (χ0) is 14.5. The molecule has 2 aromatic rings. The minimum atomic E-state index is 0.171. The summed E-state index contributed by atoms with van der Waals surface area (Å²) in [6, 6.07) is 4.27. The Morgan fingerprint density at radius 1 is 1.30 bits per heavy atom. The molecule has 2 atom stereocenters. The van der Waals surface area contributed by atoms with Gasteiger partial charge >= 0.3 is 0 Å². The van der Waals surface area contributed by atoms with E-state index in [0.717, 1.165) is 24.2 Å². The topological polar surface area (TPSA) is 63.8 Å². The van der Waals surface area contributed by atoms with E-state index in [1.807, 2.05) is 12.1 Å². The number of nitrogens with zero attached hydrogens (tertiary/aromatic N) is 3. The fourth-order valence-corrected chi connectivity index (χ4v) is 2.15. The lowest BCUT2D eigenvalue weighted by Crippen LogP contribution is -2.30. The van der Waals surface area contributed by atoms with E-state index in [1.165, 1.54) is 0 Å². The number of nitrogens with one attached hydrogen (secondary N) is 1. The van der Waals surface area contributed by atoms with Gasteiger partial charge in [0.1, 0.15) is 5.69 Å². The number of rotatable bonds is 6. The van der Waals surface area contributed by atoms with E-state index >= 15 is 0 Å². The number of hydrogen-bond acceptors (Lipinski definition) is 5. The Kier molecular flexibility index (Phi) is 4.84. The average Bonchev–Trinajstić information content (AvgIpc) is 2.96. The predicted molar refractivity (Wildman–Crippen MR) is 78.5 cm³/mol. The third kappa shape index (κ3) is 3.04. The summed E-state index contributed by atoms with van der Waals surface area (Å²) in [5.74, 6) is 1.40. The summed E-state index contributed by atoms with van der Waals surface area (Å²) in [5.41, 5.74) is 1.94. The van der Waals surface area contributed by atoms with Gasteiger partial charge in [0, 0.05) is 12.2 Å². The molecule has 1 N–H and O–H groups in total. The largest absolute Gasteiger partial charge is 0.339 e. The summed E-state index contributed by atoms with van der Waals surface area (Å²) in [6.07, 6.45) is 2.66. The van der Waals surface area contributed by atoms with Crippen LogP contribution in [0.3, 0.4) is 0 Å². The Balaban J connectivity index is 2.24. The van der Waals surface area contributed by atoms with E-state index in [2.05, 4.69) is 48.1 Å². The molecule has 20 heavy (non-hydrogen) atoms. The monoisotopic (exact) mass is 274 g/mol. The smallest absolute Gasteiger partial charge is 0.231 e. The lowest BCUT2D eigenvalue weighted by atomic mass is 10.0. The third-order valence-electron chi connectivity index (χ3n) is 3.59. The van der Waals surface area contributed by atoms with Crippen LogP contribution in [-0.2, 0) is 6.42 Å². The second-order valence-corrected chi connectivity index (χ2v) is 4.96. The first-order valence-corrected chi connectivity index (χ1v) is 7.18. The van der Waals surface area contributed by atoms with Crippen LogP contribution < -0.4 is 5.32 Å². The van der Waals surface area contributed by atoms with Crippen LogP contribution in [0.4, 0.5) is 0 Å². The molecule has 0 saturated heterocycles. The molecule has 2 aromatic heterocycles. The van der Waals surface area contributed by atoms with E-state index in [-0.39, 0.29) is 5.92 Å². The molecule has 2 heterocycles. The molecule has 2 unspecified atom stereocenters. The van der Waals surface area contributed by atoms with Crippen molar-refractivity contribution < 1.29 is 4.52 Å². The molecule has 0 aliphatic heterocycles. The lowest BCUT2D eigenvalue weighted by molar-refractivity contribution is 0.332. The Labute approximate surface area is 119 Å². The van der Waals surface area contributed by atoms with Crippen molar-refractivity contribution in [1.82, 2.24) is 20.4 Å². The SMILES string of the molecule is CCNC(C)C(C)c1nc(-c2ncccc2CC)no1. The van der Waals surface area contributed by atoms with Crippen molar-refractivity contribution in [2.24, 2.45) is 0 Å². The molecular formula is C15H22N4O. The highest BCUT2D eigenvalue weighted by Gasteiger charge is 2.21. The van der Waals surface area contributed by atoms with Crippen molar-refractivity contribution in [2.45, 2.75) is 46.1 Å². The highest BCUT2D eigenvalue weighted by Crippen LogP contribution is 2.23. The van der Waals surface area contributed by atoms with Crippen LogP contribution in [-0.4, -0.2) is 27.7 Å². The molecule has 5 nitrogen and oxygen atoms in total. The Hall–Kier alpha value is -1.75. The van der Waals surface area contributed by atoms with Crippen molar-refractivity contribution >= 4 is 0 Å². The number of likely N-dealkylation sites (N-methyl/N-ethyl adjacent to an activating group) is 1. The van der Waals surface area contributed by atoms with E-state index in [4.69, 9.17) is 4.52 Å². The fourth-order valence-electron chi connectivity index (χ4n) is 2.15. The zero-order valence-corrected chi connectivity index (χ0v) is 12.6. The maximum Gasteiger partial charge on any atom is 0.231 e. The van der Waals surface area contributed by atoms with Gasteiger partial charge in [-0.2, -0.15) is 4.98 Å². The summed E-state index contributed by atoms with van der Waals surface area (Å²) in [4.78, 5) is 8.89. The van der Waals surface area contributed by atoms with Gasteiger partial charge in [-0.15, -0.1) is 0 Å². The van der Waals surface area contributed by atoms with Gasteiger partial charge < -0.3 is 9.84 Å². The second kappa shape index (κ2) is 6.61. The first kappa shape index (κ1) is 14.7. The molecule has 0 fully saturated rings. The Morgan fingerprint density at radius 3 is 2.80 bits per heavy atom. The van der Waals surface area contributed by atoms with Crippen LogP contribution >= 0.6 is 0 Å². The number of aromatic nitrogens is 3. The van der Waals surface area contributed by atoms with Crippen molar-refractivity contribution in [3.8, 4) is 11.5 Å². The molecule has 0 saturated carbocycles. The fraction of sp³-hybridized carbons (Fsp3) is 0.533. The average molecular weight is 274 g/mol. The van der Waals surface area contributed by atoms with Crippen LogP contribution in [0.2, 0.25) is 0 Å². The molecule has 0 aromatic carbocycles. The van der Waals surface area contributed by atoms with Gasteiger partial charge in [0.2, 0.25) is 11.7 Å². The van der Waals surface area contributed by atoms with Crippen molar-refractivity contribution in [3.05, 3.63) is 29.8 Å². The molecule has 108 valence electrons. The molecule has 0 spiro atoms. The van der Waals surface area contributed by atoms with Gasteiger partial charge in [-0.25, -0.2) is 0 Å². The summed E-state index contributed by atoms with van der Waals surface area (Å²) in [7, 11) is 0. The second-order valence-electron chi connectivity index (χ2n) is 4.96. The molecular weight excluding hydrogens is 252 g/mol. The van der Waals surface area contributed by atoms with E-state index in [1.54, 1.807) is 6.20 Å². The van der Waals surface area contributed by atoms with Crippen LogP contribution in [0.25, 0.3) is 11.5 Å². The van der Waals surface area contributed by atoms with Gasteiger partial charge in [0.15, 0.2) is 0 Å². The minimum Gasteiger partial charge on any atom is -0.339 e. The van der Waals surface area contributed by atoms with Crippen molar-refractivity contribution in [2.75, 3.05) is 6.54 Å². The zero-order valence-electron chi connectivity index (χ0n) is 12.6. The molecule has 2 rings (SSSR count). The highest BCUT2D eigenvalue weighted by atomic mass is 16.5. The molecule has 0 aliphatic carbocycles. The maximum absolute atomic E-state index is 5.41. The predicted octanol–water partition coefficient (Wildman–Crippen LogP) is 2.80. The molecule has 0 aliphatic rings. The van der Waals surface area contributed by atoms with Crippen LogP contribution in [0.1, 0.15) is 45.1 Å². The van der Waals surface area contributed by atoms with E-state index in [0.29, 0.717) is 17.8 Å². The first-order valence-electron chi connectivity index (χ1n) is 7.18. The number of pyridine rings is 1. The summed E-state index contributed by atoms with van der Waals surface area (Å²) < 4.78 is 5.41. The first-order chi connectivity index (χ1) is 9.67. The van der Waals surface area contributed by atoms with Crippen LogP contribution in [0.15, 0.2) is 22.9 Å². The van der Waals surface area contributed by atoms with Crippen LogP contribution in [0.5, 0.6) is 0 Å². The normalized spacial score (nSPS) is 14.2. The Bertz CT molecular complexity index is 552. The molecule has 0 amide bonds. The van der Waals surface area contributed by atoms with Gasteiger partial charge in [0.05, 0.1) is 5.92 Å². The summed E-state index contributed by atoms with van der Waals surface area (Å²) >= 11 is 0. The standard InChI is InChI=1S/C15H22N4O/c1-5-12-8-7-9-17-13(12)14-18-15(20-19-14)10(3)11(4)16-6-2/h7-11,16H,5-6H2,1-4H3. The summed E-state index contributed by atoms with van der Waals surface area (Å²) in [5, 5.41) is 7.45. The van der Waals surface area contributed by atoms with Gasteiger partial charge in [-0.05, 0) is 31.5 Å². The molecule has 0 bridgehead atoms. The highest BCUT2D eigenvalue weighted by molar-refractivity contribution is 5.53.